The van der Waals surface area contributed by atoms with Crippen molar-refractivity contribution in [2.75, 3.05) is 0 Å². The summed E-state index contributed by atoms with van der Waals surface area (Å²) in [4.78, 5) is 11.5. The molecule has 66 valence electrons. The molecular formula is C11H16O. The van der Waals surface area contributed by atoms with E-state index >= 15 is 0 Å². The van der Waals surface area contributed by atoms with E-state index in [2.05, 4.69) is 13.8 Å². The highest BCUT2D eigenvalue weighted by atomic mass is 16.1. The zero-order chi connectivity index (χ0) is 8.77. The van der Waals surface area contributed by atoms with Gasteiger partial charge in [-0.2, -0.15) is 0 Å². The number of rotatable bonds is 0. The first-order chi connectivity index (χ1) is 5.64. The molecular weight excluding hydrogens is 148 g/mol. The summed E-state index contributed by atoms with van der Waals surface area (Å²) in [6, 6.07) is 0. The quantitative estimate of drug-likeness (QED) is 0.538. The third kappa shape index (κ3) is 0.886. The maximum absolute atomic E-state index is 11.5. The van der Waals surface area contributed by atoms with Crippen molar-refractivity contribution in [2.45, 2.75) is 39.5 Å². The van der Waals surface area contributed by atoms with E-state index in [0.717, 1.165) is 6.42 Å². The summed E-state index contributed by atoms with van der Waals surface area (Å²) in [7, 11) is 0. The monoisotopic (exact) mass is 164 g/mol. The molecule has 2 rings (SSSR count). The van der Waals surface area contributed by atoms with E-state index in [-0.39, 0.29) is 5.41 Å². The molecule has 0 radical (unpaired) electrons. The third-order valence-corrected chi connectivity index (χ3v) is 3.81. The molecule has 2 atom stereocenters. The van der Waals surface area contributed by atoms with Crippen molar-refractivity contribution < 1.29 is 4.79 Å². The Hall–Kier alpha value is -0.590. The highest BCUT2D eigenvalue weighted by molar-refractivity contribution is 5.96. The van der Waals surface area contributed by atoms with Crippen LogP contribution in [0.1, 0.15) is 39.5 Å². The van der Waals surface area contributed by atoms with Gasteiger partial charge in [-0.05, 0) is 31.3 Å². The van der Waals surface area contributed by atoms with Gasteiger partial charge < -0.3 is 0 Å². The Bertz CT molecular complexity index is 252. The summed E-state index contributed by atoms with van der Waals surface area (Å²) in [5.41, 5.74) is 1.55. The number of ketones is 1. The SMILES string of the molecule is CC1=CC(=O)C2CCCC[C@@]12C. The Morgan fingerprint density at radius 3 is 2.92 bits per heavy atom. The highest BCUT2D eigenvalue weighted by Crippen LogP contribution is 2.50. The van der Waals surface area contributed by atoms with Crippen molar-refractivity contribution in [2.24, 2.45) is 11.3 Å². The van der Waals surface area contributed by atoms with Crippen LogP contribution in [-0.2, 0) is 4.79 Å². The van der Waals surface area contributed by atoms with Crippen LogP contribution in [0.5, 0.6) is 0 Å². The lowest BCUT2D eigenvalue weighted by Gasteiger charge is -2.36. The molecule has 0 bridgehead atoms. The van der Waals surface area contributed by atoms with Crippen molar-refractivity contribution in [3.8, 4) is 0 Å². The van der Waals surface area contributed by atoms with Gasteiger partial charge in [0.05, 0.1) is 0 Å². The molecule has 0 aromatic carbocycles. The minimum Gasteiger partial charge on any atom is -0.295 e. The summed E-state index contributed by atoms with van der Waals surface area (Å²) in [6.07, 6.45) is 6.74. The van der Waals surface area contributed by atoms with Crippen molar-refractivity contribution in [3.63, 3.8) is 0 Å². The number of fused-ring (bicyclic) bond motifs is 1. The van der Waals surface area contributed by atoms with Gasteiger partial charge in [0.25, 0.3) is 0 Å². The predicted octanol–water partition coefficient (Wildman–Crippen LogP) is 2.71. The lowest BCUT2D eigenvalue weighted by Crippen LogP contribution is -2.31. The molecule has 1 fully saturated rings. The summed E-state index contributed by atoms with van der Waals surface area (Å²) < 4.78 is 0. The van der Waals surface area contributed by atoms with Crippen LogP contribution in [0.15, 0.2) is 11.6 Å². The zero-order valence-corrected chi connectivity index (χ0v) is 7.89. The van der Waals surface area contributed by atoms with Gasteiger partial charge in [0.2, 0.25) is 0 Å². The van der Waals surface area contributed by atoms with E-state index in [0.29, 0.717) is 11.7 Å². The molecule has 0 aliphatic heterocycles. The average molecular weight is 164 g/mol. The van der Waals surface area contributed by atoms with Crippen LogP contribution in [0.3, 0.4) is 0 Å². The first-order valence-corrected chi connectivity index (χ1v) is 4.87. The number of carbonyl (C=O) groups excluding carboxylic acids is 1. The number of hydrogen-bond donors (Lipinski definition) is 0. The van der Waals surface area contributed by atoms with E-state index in [1.165, 1.54) is 24.8 Å². The van der Waals surface area contributed by atoms with Crippen molar-refractivity contribution in [1.29, 1.82) is 0 Å². The fourth-order valence-corrected chi connectivity index (χ4v) is 2.74. The van der Waals surface area contributed by atoms with E-state index < -0.39 is 0 Å². The smallest absolute Gasteiger partial charge is 0.159 e. The molecule has 2 aliphatic carbocycles. The summed E-state index contributed by atoms with van der Waals surface area (Å²) in [5.74, 6) is 0.709. The van der Waals surface area contributed by atoms with Gasteiger partial charge in [-0.3, -0.25) is 4.79 Å². The van der Waals surface area contributed by atoms with Crippen LogP contribution in [0.2, 0.25) is 0 Å². The molecule has 0 aromatic heterocycles. The van der Waals surface area contributed by atoms with Gasteiger partial charge in [-0.25, -0.2) is 0 Å². The van der Waals surface area contributed by atoms with E-state index in [1.54, 1.807) is 0 Å². The van der Waals surface area contributed by atoms with Gasteiger partial charge in [0, 0.05) is 5.92 Å². The Balaban J connectivity index is 2.34. The van der Waals surface area contributed by atoms with E-state index in [4.69, 9.17) is 0 Å². The molecule has 0 spiro atoms. The van der Waals surface area contributed by atoms with Gasteiger partial charge in [0.1, 0.15) is 0 Å². The number of allylic oxidation sites excluding steroid dienone is 2. The van der Waals surface area contributed by atoms with E-state index in [9.17, 15) is 4.79 Å². The second-order valence-corrected chi connectivity index (χ2v) is 4.45. The highest BCUT2D eigenvalue weighted by Gasteiger charge is 2.45. The molecule has 2 aliphatic rings. The minimum absolute atomic E-state index is 0.231. The molecule has 0 amide bonds. The lowest BCUT2D eigenvalue weighted by atomic mass is 9.67. The number of carbonyl (C=O) groups is 1. The maximum Gasteiger partial charge on any atom is 0.159 e. The molecule has 0 heterocycles. The normalized spacial score (nSPS) is 41.0. The second kappa shape index (κ2) is 2.45. The first kappa shape index (κ1) is 8.03. The molecule has 1 unspecified atom stereocenters. The van der Waals surface area contributed by atoms with Gasteiger partial charge in [-0.1, -0.05) is 25.3 Å². The molecule has 0 aromatic rings. The summed E-state index contributed by atoms with van der Waals surface area (Å²) in [6.45, 7) is 4.37. The number of hydrogen-bond acceptors (Lipinski definition) is 1. The molecule has 12 heavy (non-hydrogen) atoms. The van der Waals surface area contributed by atoms with Crippen LogP contribution >= 0.6 is 0 Å². The van der Waals surface area contributed by atoms with Gasteiger partial charge in [0.15, 0.2) is 5.78 Å². The molecule has 0 saturated heterocycles. The topological polar surface area (TPSA) is 17.1 Å². The standard InChI is InChI=1S/C11H16O/c1-8-7-10(12)9-5-3-4-6-11(8,9)2/h7,9H,3-6H2,1-2H3/t9?,11-/m0/s1. The Labute approximate surface area is 73.8 Å². The zero-order valence-electron chi connectivity index (χ0n) is 7.89. The summed E-state index contributed by atoms with van der Waals surface area (Å²) in [5, 5.41) is 0. The molecule has 1 nitrogen and oxygen atoms in total. The van der Waals surface area contributed by atoms with Crippen molar-refractivity contribution in [3.05, 3.63) is 11.6 Å². The van der Waals surface area contributed by atoms with Crippen LogP contribution in [0, 0.1) is 11.3 Å². The second-order valence-electron chi connectivity index (χ2n) is 4.45. The Kier molecular flexibility index (Phi) is 1.64. The molecule has 1 heteroatoms. The minimum atomic E-state index is 0.231. The maximum atomic E-state index is 11.5. The van der Waals surface area contributed by atoms with Crippen LogP contribution < -0.4 is 0 Å². The van der Waals surface area contributed by atoms with Crippen LogP contribution in [0.4, 0.5) is 0 Å². The molecule has 1 saturated carbocycles. The Morgan fingerprint density at radius 2 is 2.25 bits per heavy atom. The van der Waals surface area contributed by atoms with Crippen LogP contribution in [0.25, 0.3) is 0 Å². The average Bonchev–Trinajstić information content (AvgIpc) is 2.25. The molecule has 0 N–H and O–H groups in total. The van der Waals surface area contributed by atoms with Gasteiger partial charge >= 0.3 is 0 Å². The van der Waals surface area contributed by atoms with Gasteiger partial charge in [-0.15, -0.1) is 0 Å². The fraction of sp³-hybridized carbons (Fsp3) is 0.727. The van der Waals surface area contributed by atoms with E-state index in [1.807, 2.05) is 6.08 Å². The lowest BCUT2D eigenvalue weighted by molar-refractivity contribution is -0.120. The first-order valence-electron chi connectivity index (χ1n) is 4.87. The van der Waals surface area contributed by atoms with Crippen molar-refractivity contribution >= 4 is 5.78 Å². The predicted molar refractivity (Wildman–Crippen MR) is 48.8 cm³/mol. The fourth-order valence-electron chi connectivity index (χ4n) is 2.74. The third-order valence-electron chi connectivity index (χ3n) is 3.81. The Morgan fingerprint density at radius 1 is 1.50 bits per heavy atom. The summed E-state index contributed by atoms with van der Waals surface area (Å²) >= 11 is 0. The van der Waals surface area contributed by atoms with Crippen molar-refractivity contribution in [1.82, 2.24) is 0 Å². The van der Waals surface area contributed by atoms with Crippen LogP contribution in [-0.4, -0.2) is 5.78 Å². The largest absolute Gasteiger partial charge is 0.295 e.